The largest absolute Gasteiger partial charge is 0.497 e. The molecule has 0 bridgehead atoms. The van der Waals surface area contributed by atoms with E-state index in [2.05, 4.69) is 119 Å². The zero-order valence-electron chi connectivity index (χ0n) is 52.1. The Morgan fingerprint density at radius 3 is 1.84 bits per heavy atom. The van der Waals surface area contributed by atoms with Crippen molar-refractivity contribution in [2.45, 2.75) is 163 Å². The van der Waals surface area contributed by atoms with Crippen LogP contribution < -0.4 is 35.6 Å². The molecule has 4 aromatic heterocycles. The number of nitrogens with two attached hydrogens (primary N) is 1. The zero-order chi connectivity index (χ0) is 59.5. The predicted molar refractivity (Wildman–Crippen MR) is 342 cm³/mol. The number of piperazine rings is 2. The van der Waals surface area contributed by atoms with Crippen LogP contribution in [0.3, 0.4) is 0 Å². The number of anilines is 4. The molecule has 1 amide bonds. The molecular weight excluding hydrogens is 1060 g/mol. The second-order valence-corrected chi connectivity index (χ2v) is 29.6. The van der Waals surface area contributed by atoms with E-state index in [9.17, 15) is 9.90 Å². The number of aromatic nitrogens is 6. The zero-order valence-corrected chi connectivity index (χ0v) is 53.1. The van der Waals surface area contributed by atoms with Crippen LogP contribution in [0.25, 0.3) is 43.9 Å². The van der Waals surface area contributed by atoms with Crippen LogP contribution in [-0.2, 0) is 41.6 Å². The molecule has 9 rings (SSSR count). The number of aliphatic hydroxyl groups is 1. The lowest BCUT2D eigenvalue weighted by Gasteiger charge is -2.36. The maximum Gasteiger partial charge on any atom is 0.410 e. The number of nitrogens with zero attached hydrogens (tertiary/aromatic N) is 9. The van der Waals surface area contributed by atoms with Gasteiger partial charge in [0.15, 0.2) is 20.0 Å². The topological polar surface area (TPSA) is 195 Å². The summed E-state index contributed by atoms with van der Waals surface area (Å²) in [5.41, 5.74) is 14.9. The van der Waals surface area contributed by atoms with Crippen molar-refractivity contribution in [1.29, 1.82) is 0 Å². The Hall–Kier alpha value is -6.41. The molecule has 2 aliphatic heterocycles. The molecule has 7 aromatic rings. The molecule has 2 fully saturated rings. The molecule has 452 valence electrons. The molecule has 5 N–H and O–H groups in total. The monoisotopic (exact) mass is 1160 g/mol. The van der Waals surface area contributed by atoms with Crippen LogP contribution >= 0.6 is 0 Å². The summed E-state index contributed by atoms with van der Waals surface area (Å²) in [5.74, 6) is 4.93. The van der Waals surface area contributed by atoms with Gasteiger partial charge in [-0.15, -0.1) is 0 Å². The average Bonchev–Trinajstić information content (AvgIpc) is 2.31. The average molecular weight is 1160 g/mol. The van der Waals surface area contributed by atoms with Gasteiger partial charge in [0, 0.05) is 132 Å². The molecule has 0 radical (unpaired) electrons. The van der Waals surface area contributed by atoms with Crippen molar-refractivity contribution in [3.63, 3.8) is 0 Å². The first kappa shape index (κ1) is 62.6. The number of carbonyl (C=O) groups is 1. The molecule has 3 aromatic carbocycles. The van der Waals surface area contributed by atoms with Gasteiger partial charge in [-0.25, -0.2) is 24.7 Å². The number of rotatable bonds is 23. The number of imidazole rings is 2. The minimum Gasteiger partial charge on any atom is -0.497 e. The predicted octanol–water partition coefficient (Wildman–Crippen LogP) is 12.1. The fourth-order valence-electron chi connectivity index (χ4n) is 10.8. The van der Waals surface area contributed by atoms with Crippen LogP contribution in [0.5, 0.6) is 11.5 Å². The highest BCUT2D eigenvalue weighted by atomic mass is 28.4. The fourth-order valence-corrected chi connectivity index (χ4v) is 11.9. The first-order chi connectivity index (χ1) is 39.8. The third-order valence-corrected chi connectivity index (χ3v) is 21.1. The van der Waals surface area contributed by atoms with Crippen molar-refractivity contribution in [3.8, 4) is 11.5 Å². The van der Waals surface area contributed by atoms with Crippen LogP contribution in [0.2, 0.25) is 18.1 Å². The van der Waals surface area contributed by atoms with E-state index in [0.717, 1.165) is 207 Å². The summed E-state index contributed by atoms with van der Waals surface area (Å²) in [6.45, 7) is 31.5. The Bertz CT molecular complexity index is 3280. The number of amides is 1. The maximum atomic E-state index is 12.8. The number of unbranched alkanes of at least 4 members (excludes halogenated alkanes) is 4. The summed E-state index contributed by atoms with van der Waals surface area (Å²) in [7, 11) is 1.52. The highest BCUT2D eigenvalue weighted by Crippen LogP contribution is 2.38. The molecular formula is C64H96N12O6Si. The second-order valence-electron chi connectivity index (χ2n) is 24.8. The Labute approximate surface area is 493 Å². The van der Waals surface area contributed by atoms with Crippen molar-refractivity contribution in [2.24, 2.45) is 0 Å². The van der Waals surface area contributed by atoms with E-state index in [1.165, 1.54) is 5.69 Å². The summed E-state index contributed by atoms with van der Waals surface area (Å²) in [5, 5.41) is 18.7. The Morgan fingerprint density at radius 2 is 1.28 bits per heavy atom. The van der Waals surface area contributed by atoms with Gasteiger partial charge in [-0.1, -0.05) is 47.5 Å². The van der Waals surface area contributed by atoms with Crippen molar-refractivity contribution in [3.05, 3.63) is 71.8 Å². The molecule has 0 saturated carbocycles. The van der Waals surface area contributed by atoms with E-state index < -0.39 is 13.9 Å². The molecule has 19 heteroatoms. The highest BCUT2D eigenvalue weighted by Gasteiger charge is 2.37. The van der Waals surface area contributed by atoms with E-state index >= 15 is 0 Å². The number of hydrogen-bond acceptors (Lipinski definition) is 15. The number of aliphatic hydroxyl groups excluding tert-OH is 1. The number of ether oxygens (including phenoxy) is 3. The van der Waals surface area contributed by atoms with Crippen molar-refractivity contribution >= 4 is 81.3 Å². The highest BCUT2D eigenvalue weighted by molar-refractivity contribution is 6.74. The van der Waals surface area contributed by atoms with Gasteiger partial charge >= 0.3 is 6.09 Å². The second kappa shape index (κ2) is 28.0. The van der Waals surface area contributed by atoms with E-state index in [4.69, 9.17) is 39.3 Å². The van der Waals surface area contributed by atoms with Crippen molar-refractivity contribution in [1.82, 2.24) is 39.3 Å². The van der Waals surface area contributed by atoms with Crippen LogP contribution in [0.15, 0.2) is 54.6 Å². The fraction of sp³-hybridized carbons (Fsp3) is 0.578. The summed E-state index contributed by atoms with van der Waals surface area (Å²) < 4.78 is 28.1. The van der Waals surface area contributed by atoms with Crippen LogP contribution in [0.1, 0.15) is 124 Å². The summed E-state index contributed by atoms with van der Waals surface area (Å²) in [6, 6.07) is 18.9. The molecule has 6 heterocycles. The molecule has 2 aliphatic rings. The van der Waals surface area contributed by atoms with E-state index in [1.807, 2.05) is 43.9 Å². The SMILES string of the molecule is CCCCc1nc2c(N)nc3ccc(N4CCNCC4)cc3c2n1CCCCO.CCCCc1nc2c(NCc3ccc(OC)cc3OC)nc3ccc(N4CCN(C(=O)OC(C)(C)C)CC4)cc3c2n1CCCCO[Si](C)(C)C(C)(C)C. The van der Waals surface area contributed by atoms with Gasteiger partial charge < -0.3 is 63.9 Å². The van der Waals surface area contributed by atoms with Gasteiger partial charge in [0.05, 0.1) is 36.3 Å². The van der Waals surface area contributed by atoms with Crippen LogP contribution in [0.4, 0.5) is 27.8 Å². The van der Waals surface area contributed by atoms with Gasteiger partial charge in [0.1, 0.15) is 39.8 Å². The number of benzene rings is 3. The summed E-state index contributed by atoms with van der Waals surface area (Å²) >= 11 is 0. The maximum absolute atomic E-state index is 12.8. The first-order valence-corrected chi connectivity index (χ1v) is 33.5. The third kappa shape index (κ3) is 15.3. The minimum atomic E-state index is -1.82. The molecule has 0 aliphatic carbocycles. The Morgan fingerprint density at radius 1 is 0.699 bits per heavy atom. The number of fused-ring (bicyclic) bond motifs is 6. The first-order valence-electron chi connectivity index (χ1n) is 30.6. The van der Waals surface area contributed by atoms with Crippen molar-refractivity contribution < 1.29 is 28.5 Å². The van der Waals surface area contributed by atoms with E-state index in [-0.39, 0.29) is 17.7 Å². The standard InChI is InChI=1S/C42H64N6O5Si.C22H32N6O/c1-12-13-16-36-45-37-38(48(36)21-14-15-26-52-54(10,11)42(5,6)7)33-27-31(46-22-24-47(25-23-46)40(49)53-41(2,3)4)18-20-34(33)44-39(37)43-29-30-17-19-32(50-8)28-35(30)51-9;1-2-3-6-19-26-20-21(28(19)11-4-5-14-29)17-15-16(27-12-9-24-10-13-27)7-8-18(17)25-22(20)23/h17-20,27-28H,12-16,21-26,29H2,1-11H3,(H,43,44);7-8,15,24,29H,2-6,9-14H2,1H3,(H2,23,25). The number of aryl methyl sites for hydroxylation is 4. The van der Waals surface area contributed by atoms with Gasteiger partial charge in [-0.05, 0) is 126 Å². The molecule has 0 atom stereocenters. The number of methoxy groups -OCH3 is 2. The normalized spacial score (nSPS) is 14.4. The van der Waals surface area contributed by atoms with Gasteiger partial charge in [-0.3, -0.25) is 0 Å². The smallest absolute Gasteiger partial charge is 0.410 e. The molecule has 0 unspecified atom stereocenters. The minimum absolute atomic E-state index is 0.187. The van der Waals surface area contributed by atoms with E-state index in [0.29, 0.717) is 25.5 Å². The lowest BCUT2D eigenvalue weighted by Crippen LogP contribution is -2.50. The van der Waals surface area contributed by atoms with Gasteiger partial charge in [0.25, 0.3) is 0 Å². The van der Waals surface area contributed by atoms with Crippen molar-refractivity contribution in [2.75, 3.05) is 101 Å². The lowest BCUT2D eigenvalue weighted by atomic mass is 10.1. The third-order valence-electron chi connectivity index (χ3n) is 16.6. The quantitative estimate of drug-likeness (QED) is 0.0349. The molecule has 2 saturated heterocycles. The summed E-state index contributed by atoms with van der Waals surface area (Å²) in [4.78, 5) is 39.5. The number of pyridine rings is 2. The molecule has 83 heavy (non-hydrogen) atoms. The molecule has 18 nitrogen and oxygen atoms in total. The number of nitrogen functional groups attached to an aromatic ring is 1. The van der Waals surface area contributed by atoms with Gasteiger partial charge in [0.2, 0.25) is 0 Å². The molecule has 0 spiro atoms. The van der Waals surface area contributed by atoms with E-state index in [1.54, 1.807) is 14.2 Å². The number of nitrogens with one attached hydrogen (secondary N) is 2. The number of hydrogen-bond donors (Lipinski definition) is 4. The number of carbonyl (C=O) groups excluding carboxylic acids is 1. The Balaban J connectivity index is 0.000000259. The van der Waals surface area contributed by atoms with Gasteiger partial charge in [-0.2, -0.15) is 0 Å². The lowest BCUT2D eigenvalue weighted by molar-refractivity contribution is 0.0240. The van der Waals surface area contributed by atoms with Crippen LogP contribution in [0, 0.1) is 0 Å². The summed E-state index contributed by atoms with van der Waals surface area (Å²) in [6.07, 6.45) is 9.62. The van der Waals surface area contributed by atoms with Crippen LogP contribution in [-0.4, -0.2) is 139 Å². The Kier molecular flexibility index (Phi) is 21.1.